The van der Waals surface area contributed by atoms with Crippen molar-refractivity contribution in [2.75, 3.05) is 23.8 Å². The molecule has 5 heteroatoms. The van der Waals surface area contributed by atoms with E-state index in [0.717, 1.165) is 42.6 Å². The van der Waals surface area contributed by atoms with Crippen molar-refractivity contribution in [3.63, 3.8) is 0 Å². The maximum Gasteiger partial charge on any atom is 0.227 e. The van der Waals surface area contributed by atoms with Crippen LogP contribution in [0.5, 0.6) is 0 Å². The second-order valence-electron chi connectivity index (χ2n) is 5.74. The molecule has 1 atom stereocenters. The summed E-state index contributed by atoms with van der Waals surface area (Å²) in [6, 6.07) is 5.74. The zero-order valence-corrected chi connectivity index (χ0v) is 12.4. The van der Waals surface area contributed by atoms with Crippen LogP contribution < -0.4 is 10.6 Å². The average Bonchev–Trinajstić information content (AvgIpc) is 3.01. The normalized spacial score (nSPS) is 16.7. The number of rotatable bonds is 6. The monoisotopic (exact) mass is 292 g/mol. The first-order chi connectivity index (χ1) is 10.1. The molecule has 1 aromatic rings. The minimum atomic E-state index is -0.816. The second-order valence-corrected chi connectivity index (χ2v) is 5.74. The number of aliphatic hydroxyl groups is 2. The Morgan fingerprint density at radius 2 is 2.05 bits per heavy atom. The number of anilines is 2. The van der Waals surface area contributed by atoms with Gasteiger partial charge in [0.05, 0.1) is 24.1 Å². The molecule has 0 aromatic heterocycles. The highest BCUT2D eigenvalue weighted by Gasteiger charge is 2.23. The van der Waals surface area contributed by atoms with Crippen LogP contribution in [-0.4, -0.2) is 35.4 Å². The van der Waals surface area contributed by atoms with Gasteiger partial charge >= 0.3 is 0 Å². The van der Waals surface area contributed by atoms with Gasteiger partial charge < -0.3 is 20.8 Å². The van der Waals surface area contributed by atoms with Crippen molar-refractivity contribution in [3.8, 4) is 0 Å². The third-order valence-electron chi connectivity index (χ3n) is 3.90. The van der Waals surface area contributed by atoms with Crippen molar-refractivity contribution >= 4 is 17.3 Å². The smallest absolute Gasteiger partial charge is 0.227 e. The molecular weight excluding hydrogens is 268 g/mol. The molecule has 1 aliphatic rings. The third-order valence-corrected chi connectivity index (χ3v) is 3.90. The molecule has 0 spiro atoms. The highest BCUT2D eigenvalue weighted by atomic mass is 16.3. The number of hydrogen-bond donors (Lipinski definition) is 4. The Bertz CT molecular complexity index is 484. The summed E-state index contributed by atoms with van der Waals surface area (Å²) < 4.78 is 0. The van der Waals surface area contributed by atoms with Crippen molar-refractivity contribution in [1.29, 1.82) is 0 Å². The summed E-state index contributed by atoms with van der Waals surface area (Å²) in [7, 11) is 0. The lowest BCUT2D eigenvalue weighted by molar-refractivity contribution is -0.119. The summed E-state index contributed by atoms with van der Waals surface area (Å²) >= 11 is 0. The van der Waals surface area contributed by atoms with Crippen LogP contribution in [0.4, 0.5) is 11.4 Å². The highest BCUT2D eigenvalue weighted by molar-refractivity contribution is 5.95. The Kier molecular flexibility index (Phi) is 5.59. The third kappa shape index (κ3) is 4.44. The second kappa shape index (κ2) is 7.43. The molecule has 5 nitrogen and oxygen atoms in total. The van der Waals surface area contributed by atoms with Crippen molar-refractivity contribution in [3.05, 3.63) is 23.8 Å². The Morgan fingerprint density at radius 1 is 1.33 bits per heavy atom. The Balaban J connectivity index is 2.05. The summed E-state index contributed by atoms with van der Waals surface area (Å²) in [4.78, 5) is 12.2. The first-order valence-corrected chi connectivity index (χ1v) is 7.54. The largest absolute Gasteiger partial charge is 0.394 e. The van der Waals surface area contributed by atoms with Gasteiger partial charge in [0, 0.05) is 12.5 Å². The molecule has 0 heterocycles. The van der Waals surface area contributed by atoms with E-state index in [1.165, 1.54) is 0 Å². The topological polar surface area (TPSA) is 81.6 Å². The number of carbonyl (C=O) groups excluding carboxylic acids is 1. The predicted octanol–water partition coefficient (Wildman–Crippen LogP) is 1.89. The molecule has 1 aromatic carbocycles. The minimum absolute atomic E-state index is 0.0714. The van der Waals surface area contributed by atoms with E-state index in [2.05, 4.69) is 10.6 Å². The van der Waals surface area contributed by atoms with Crippen molar-refractivity contribution in [1.82, 2.24) is 0 Å². The molecule has 4 N–H and O–H groups in total. The summed E-state index contributed by atoms with van der Waals surface area (Å²) in [5, 5.41) is 24.4. The van der Waals surface area contributed by atoms with Crippen LogP contribution in [0.15, 0.2) is 18.2 Å². The van der Waals surface area contributed by atoms with E-state index in [9.17, 15) is 9.90 Å². The standard InChI is InChI=1S/C16H24N2O3/c1-11-6-7-14(15(8-11)17-9-13(20)10-19)18-16(21)12-4-2-3-5-12/h6-8,12-13,17,19-20H,2-5,9-10H2,1H3,(H,18,21). The Labute approximate surface area is 125 Å². The summed E-state index contributed by atoms with van der Waals surface area (Å²) in [6.07, 6.45) is 3.36. The zero-order chi connectivity index (χ0) is 15.2. The SMILES string of the molecule is Cc1ccc(NC(=O)C2CCCC2)c(NCC(O)CO)c1. The number of nitrogens with one attached hydrogen (secondary N) is 2. The molecule has 0 saturated heterocycles. The van der Waals surface area contributed by atoms with E-state index in [-0.39, 0.29) is 25.0 Å². The van der Waals surface area contributed by atoms with Gasteiger partial charge in [-0.1, -0.05) is 18.9 Å². The van der Waals surface area contributed by atoms with Crippen LogP contribution >= 0.6 is 0 Å². The van der Waals surface area contributed by atoms with E-state index < -0.39 is 6.10 Å². The van der Waals surface area contributed by atoms with Crippen LogP contribution in [0.2, 0.25) is 0 Å². The van der Waals surface area contributed by atoms with Gasteiger partial charge in [0.2, 0.25) is 5.91 Å². The van der Waals surface area contributed by atoms with Crippen molar-refractivity contribution in [2.24, 2.45) is 5.92 Å². The summed E-state index contributed by atoms with van der Waals surface area (Å²) in [5.74, 6) is 0.185. The molecule has 1 fully saturated rings. The molecular formula is C16H24N2O3. The molecule has 1 amide bonds. The van der Waals surface area contributed by atoms with Gasteiger partial charge in [-0.15, -0.1) is 0 Å². The van der Waals surface area contributed by atoms with Gasteiger partial charge in [-0.3, -0.25) is 4.79 Å². The average molecular weight is 292 g/mol. The van der Waals surface area contributed by atoms with Crippen LogP contribution in [0.1, 0.15) is 31.2 Å². The van der Waals surface area contributed by atoms with Gasteiger partial charge in [-0.05, 0) is 37.5 Å². The van der Waals surface area contributed by atoms with E-state index in [4.69, 9.17) is 5.11 Å². The van der Waals surface area contributed by atoms with Crippen LogP contribution in [0.25, 0.3) is 0 Å². The van der Waals surface area contributed by atoms with E-state index in [1.807, 2.05) is 25.1 Å². The lowest BCUT2D eigenvalue weighted by Gasteiger charge is -2.17. The van der Waals surface area contributed by atoms with Gasteiger partial charge in [0.15, 0.2) is 0 Å². The molecule has 0 bridgehead atoms. The number of aryl methyl sites for hydroxylation is 1. The lowest BCUT2D eigenvalue weighted by Crippen LogP contribution is -2.25. The fourth-order valence-corrected chi connectivity index (χ4v) is 2.63. The molecule has 0 aliphatic heterocycles. The fourth-order valence-electron chi connectivity index (χ4n) is 2.63. The number of amides is 1. The molecule has 21 heavy (non-hydrogen) atoms. The molecule has 0 radical (unpaired) electrons. The lowest BCUT2D eigenvalue weighted by atomic mass is 10.1. The molecule has 1 aliphatic carbocycles. The molecule has 1 saturated carbocycles. The van der Waals surface area contributed by atoms with Crippen LogP contribution in [-0.2, 0) is 4.79 Å². The molecule has 116 valence electrons. The van der Waals surface area contributed by atoms with Crippen LogP contribution in [0, 0.1) is 12.8 Å². The molecule has 1 unspecified atom stereocenters. The Hall–Kier alpha value is -1.59. The van der Waals surface area contributed by atoms with Gasteiger partial charge in [-0.2, -0.15) is 0 Å². The molecule has 2 rings (SSSR count). The number of hydrogen-bond acceptors (Lipinski definition) is 4. The zero-order valence-electron chi connectivity index (χ0n) is 12.4. The fraction of sp³-hybridized carbons (Fsp3) is 0.562. The number of carbonyl (C=O) groups is 1. The van der Waals surface area contributed by atoms with Gasteiger partial charge in [-0.25, -0.2) is 0 Å². The van der Waals surface area contributed by atoms with Crippen molar-refractivity contribution in [2.45, 2.75) is 38.7 Å². The van der Waals surface area contributed by atoms with E-state index in [1.54, 1.807) is 0 Å². The minimum Gasteiger partial charge on any atom is -0.394 e. The maximum absolute atomic E-state index is 12.2. The quantitative estimate of drug-likeness (QED) is 0.645. The van der Waals surface area contributed by atoms with Crippen LogP contribution in [0.3, 0.4) is 0 Å². The van der Waals surface area contributed by atoms with Gasteiger partial charge in [0.1, 0.15) is 0 Å². The maximum atomic E-state index is 12.2. The van der Waals surface area contributed by atoms with E-state index in [0.29, 0.717) is 0 Å². The Morgan fingerprint density at radius 3 is 2.71 bits per heavy atom. The first-order valence-electron chi connectivity index (χ1n) is 7.54. The summed E-state index contributed by atoms with van der Waals surface area (Å²) in [6.45, 7) is 1.92. The number of aliphatic hydroxyl groups excluding tert-OH is 2. The van der Waals surface area contributed by atoms with Gasteiger partial charge in [0.25, 0.3) is 0 Å². The highest BCUT2D eigenvalue weighted by Crippen LogP contribution is 2.28. The first kappa shape index (κ1) is 15.8. The summed E-state index contributed by atoms with van der Waals surface area (Å²) in [5.41, 5.74) is 2.56. The van der Waals surface area contributed by atoms with Crippen molar-refractivity contribution < 1.29 is 15.0 Å². The number of benzene rings is 1. The predicted molar refractivity (Wildman–Crippen MR) is 83.3 cm³/mol. The van der Waals surface area contributed by atoms with E-state index >= 15 is 0 Å².